The monoisotopic (exact) mass is 567 g/mol. The van der Waals surface area contributed by atoms with Crippen LogP contribution in [0.25, 0.3) is 0 Å². The van der Waals surface area contributed by atoms with Crippen LogP contribution in [0.2, 0.25) is 0 Å². The normalized spacial score (nSPS) is 24.6. The number of cyclic esters (lactones) is 2. The van der Waals surface area contributed by atoms with Crippen molar-refractivity contribution in [3.63, 3.8) is 0 Å². The summed E-state index contributed by atoms with van der Waals surface area (Å²) in [6, 6.07) is -0.456. The number of carbonyl (C=O) groups is 2. The van der Waals surface area contributed by atoms with Crippen LogP contribution in [-0.2, 0) is 31.9 Å². The first kappa shape index (κ1) is 33.0. The molecular formula is C32H45N3O4S. The van der Waals surface area contributed by atoms with Crippen LogP contribution in [0, 0.1) is 0 Å². The maximum Gasteiger partial charge on any atom is 0.331 e. The van der Waals surface area contributed by atoms with Crippen molar-refractivity contribution >= 4 is 23.3 Å². The van der Waals surface area contributed by atoms with Gasteiger partial charge < -0.3 is 20.1 Å². The Bertz CT molecular complexity index is 1130. The molecule has 2 heterocycles. The van der Waals surface area contributed by atoms with Crippen molar-refractivity contribution in [3.05, 3.63) is 88.1 Å². The Hall–Kier alpha value is -3.23. The Balaban J connectivity index is 2.26. The molecule has 218 valence electrons. The number of hydrogen-bond acceptors (Lipinski definition) is 8. The van der Waals surface area contributed by atoms with E-state index in [0.29, 0.717) is 19.3 Å². The highest BCUT2D eigenvalue weighted by atomic mass is 32.1. The summed E-state index contributed by atoms with van der Waals surface area (Å²) in [6.45, 7) is 15.4. The van der Waals surface area contributed by atoms with E-state index in [0.717, 1.165) is 53.4 Å². The molecule has 3 atom stereocenters. The van der Waals surface area contributed by atoms with E-state index < -0.39 is 18.1 Å². The fourth-order valence-corrected chi connectivity index (χ4v) is 5.02. The van der Waals surface area contributed by atoms with Crippen molar-refractivity contribution in [2.45, 2.75) is 85.0 Å². The molecule has 0 aliphatic carbocycles. The van der Waals surface area contributed by atoms with Gasteiger partial charge in [0, 0.05) is 30.8 Å². The minimum atomic E-state index is -0.456. The molecule has 1 aromatic rings. The molecule has 0 saturated carbocycles. The third-order valence-electron chi connectivity index (χ3n) is 6.19. The van der Waals surface area contributed by atoms with Gasteiger partial charge >= 0.3 is 11.9 Å². The molecule has 0 radical (unpaired) electrons. The van der Waals surface area contributed by atoms with Crippen LogP contribution in [0.15, 0.2) is 77.4 Å². The van der Waals surface area contributed by atoms with Gasteiger partial charge in [-0.05, 0) is 65.8 Å². The zero-order valence-corrected chi connectivity index (χ0v) is 25.4. The van der Waals surface area contributed by atoms with Crippen molar-refractivity contribution in [1.29, 1.82) is 0 Å². The lowest BCUT2D eigenvalue weighted by Crippen LogP contribution is -2.36. The van der Waals surface area contributed by atoms with Gasteiger partial charge in [0.25, 0.3) is 0 Å². The Morgan fingerprint density at radius 3 is 2.73 bits per heavy atom. The van der Waals surface area contributed by atoms with Gasteiger partial charge in [0.05, 0.1) is 10.7 Å². The number of aromatic nitrogens is 1. The van der Waals surface area contributed by atoms with Crippen LogP contribution >= 0.6 is 11.3 Å². The molecule has 0 fully saturated rings. The smallest absolute Gasteiger partial charge is 0.331 e. The minimum Gasteiger partial charge on any atom is -0.461 e. The van der Waals surface area contributed by atoms with Crippen molar-refractivity contribution in [1.82, 2.24) is 15.6 Å². The largest absolute Gasteiger partial charge is 0.461 e. The van der Waals surface area contributed by atoms with E-state index in [2.05, 4.69) is 43.2 Å². The third-order valence-corrected chi connectivity index (χ3v) is 7.11. The molecule has 0 saturated heterocycles. The first-order chi connectivity index (χ1) is 19.2. The van der Waals surface area contributed by atoms with Gasteiger partial charge in [-0.15, -0.1) is 11.3 Å². The van der Waals surface area contributed by atoms with Crippen LogP contribution in [0.3, 0.4) is 0 Å². The van der Waals surface area contributed by atoms with E-state index >= 15 is 0 Å². The lowest BCUT2D eigenvalue weighted by atomic mass is 10.1. The summed E-state index contributed by atoms with van der Waals surface area (Å²) in [6.07, 6.45) is 17.1. The molecular weight excluding hydrogens is 522 g/mol. The Morgan fingerprint density at radius 1 is 1.20 bits per heavy atom. The average molecular weight is 568 g/mol. The fourth-order valence-electron chi connectivity index (χ4n) is 4.14. The van der Waals surface area contributed by atoms with Gasteiger partial charge in [-0.2, -0.15) is 0 Å². The number of ether oxygens (including phenoxy) is 2. The minimum absolute atomic E-state index is 0.293. The number of esters is 2. The molecule has 0 aromatic carbocycles. The molecule has 7 nitrogen and oxygen atoms in total. The number of nitrogens with zero attached hydrogens (tertiary/aromatic N) is 1. The van der Waals surface area contributed by atoms with E-state index in [4.69, 9.17) is 14.5 Å². The molecule has 0 spiro atoms. The second kappa shape index (κ2) is 18.2. The third kappa shape index (κ3) is 13.2. The Kier molecular flexibility index (Phi) is 15.0. The number of likely N-dealkylation sites (N-methyl/N-ethyl adjacent to an activating group) is 1. The van der Waals surface area contributed by atoms with Crippen LogP contribution in [0.4, 0.5) is 0 Å². The SMILES string of the molecule is C=CNC1CCCc2csc(n2)CC(/C=C(C)/C=C/C(C)=C/CNCC)OC(=O)/C=C\C=C(/C)CC(C)OC1=O. The van der Waals surface area contributed by atoms with Gasteiger partial charge in [0.2, 0.25) is 0 Å². The summed E-state index contributed by atoms with van der Waals surface area (Å²) in [5.74, 6) is -0.713. The lowest BCUT2D eigenvalue weighted by Gasteiger charge is -2.20. The van der Waals surface area contributed by atoms with E-state index in [1.165, 1.54) is 12.3 Å². The second-order valence-corrected chi connectivity index (χ2v) is 11.0. The number of thiazole rings is 1. The molecule has 2 rings (SSSR count). The van der Waals surface area contributed by atoms with Crippen molar-refractivity contribution in [2.24, 2.45) is 0 Å². The maximum absolute atomic E-state index is 12.7. The standard InChI is InChI=1S/C32H45N3O4S/c1-7-33-18-17-23(3)15-16-25(5)20-28-21-30-35-27(22-40-30)12-10-13-29(34-8-2)32(37)38-26(6)19-24(4)11-9-14-31(36)39-28/h8-9,11,14-17,20,22,26,28-29,33-34H,2,7,10,12-13,18-19,21H2,1,3-6H3/b14-9-,16-15+,23-17+,24-11+,25-20+. The number of aryl methyl sites for hydroxylation is 1. The summed E-state index contributed by atoms with van der Waals surface area (Å²) in [5.41, 5.74) is 4.11. The van der Waals surface area contributed by atoms with Gasteiger partial charge in [-0.1, -0.05) is 60.6 Å². The van der Waals surface area contributed by atoms with E-state index in [1.54, 1.807) is 17.4 Å². The molecule has 1 aromatic heterocycles. The molecule has 1 aliphatic heterocycles. The summed E-state index contributed by atoms with van der Waals surface area (Å²) in [5, 5.41) is 9.24. The highest BCUT2D eigenvalue weighted by molar-refractivity contribution is 7.09. The van der Waals surface area contributed by atoms with E-state index in [1.807, 2.05) is 44.4 Å². The number of allylic oxidation sites excluding steroid dienone is 6. The Labute approximate surface area is 243 Å². The van der Waals surface area contributed by atoms with Crippen molar-refractivity contribution in [3.8, 4) is 0 Å². The topological polar surface area (TPSA) is 89.6 Å². The average Bonchev–Trinajstić information content (AvgIpc) is 3.33. The molecule has 3 unspecified atom stereocenters. The molecule has 8 heteroatoms. The quantitative estimate of drug-likeness (QED) is 0.229. The number of rotatable bonds is 8. The number of fused-ring (bicyclic) bond motifs is 2. The summed E-state index contributed by atoms with van der Waals surface area (Å²) in [4.78, 5) is 30.2. The number of carbonyl (C=O) groups excluding carboxylic acids is 2. The lowest BCUT2D eigenvalue weighted by molar-refractivity contribution is -0.150. The highest BCUT2D eigenvalue weighted by Gasteiger charge is 2.21. The highest BCUT2D eigenvalue weighted by Crippen LogP contribution is 2.18. The van der Waals surface area contributed by atoms with E-state index in [9.17, 15) is 9.59 Å². The zero-order chi connectivity index (χ0) is 29.3. The molecule has 40 heavy (non-hydrogen) atoms. The summed E-state index contributed by atoms with van der Waals surface area (Å²) >= 11 is 1.56. The number of nitrogens with one attached hydrogen (secondary N) is 2. The zero-order valence-electron chi connectivity index (χ0n) is 24.6. The summed E-state index contributed by atoms with van der Waals surface area (Å²) in [7, 11) is 0. The van der Waals surface area contributed by atoms with Crippen LogP contribution in [0.1, 0.15) is 64.6 Å². The second-order valence-electron chi connectivity index (χ2n) is 10.1. The van der Waals surface area contributed by atoms with Crippen LogP contribution in [0.5, 0.6) is 0 Å². The first-order valence-corrected chi connectivity index (χ1v) is 14.9. The number of hydrogen-bond donors (Lipinski definition) is 2. The van der Waals surface area contributed by atoms with Crippen molar-refractivity contribution in [2.75, 3.05) is 13.1 Å². The van der Waals surface area contributed by atoms with Gasteiger partial charge in [-0.25, -0.2) is 14.6 Å². The predicted molar refractivity (Wildman–Crippen MR) is 164 cm³/mol. The molecule has 2 N–H and O–H groups in total. The van der Waals surface area contributed by atoms with Gasteiger partial charge in [-0.3, -0.25) is 0 Å². The summed E-state index contributed by atoms with van der Waals surface area (Å²) < 4.78 is 11.5. The first-order valence-electron chi connectivity index (χ1n) is 14.0. The van der Waals surface area contributed by atoms with Crippen molar-refractivity contribution < 1.29 is 19.1 Å². The maximum atomic E-state index is 12.7. The van der Waals surface area contributed by atoms with Crippen LogP contribution < -0.4 is 10.6 Å². The van der Waals surface area contributed by atoms with E-state index in [-0.39, 0.29) is 12.1 Å². The molecule has 1 aliphatic rings. The fraction of sp³-hybridized carbons (Fsp3) is 0.469. The predicted octanol–water partition coefficient (Wildman–Crippen LogP) is 5.92. The van der Waals surface area contributed by atoms with Gasteiger partial charge in [0.15, 0.2) is 0 Å². The Morgan fingerprint density at radius 2 is 1.98 bits per heavy atom. The molecule has 0 amide bonds. The van der Waals surface area contributed by atoms with Gasteiger partial charge in [0.1, 0.15) is 18.2 Å². The van der Waals surface area contributed by atoms with Crippen LogP contribution in [-0.4, -0.2) is 48.3 Å². The molecule has 2 bridgehead atoms.